The minimum Gasteiger partial charge on any atom is -0.355 e. The van der Waals surface area contributed by atoms with Gasteiger partial charge in [0.2, 0.25) is 0 Å². The van der Waals surface area contributed by atoms with Crippen molar-refractivity contribution in [2.75, 3.05) is 13.6 Å². The van der Waals surface area contributed by atoms with Gasteiger partial charge in [-0.05, 0) is 29.3 Å². The van der Waals surface area contributed by atoms with E-state index in [1.807, 2.05) is 0 Å². The van der Waals surface area contributed by atoms with Crippen LogP contribution in [0.3, 0.4) is 0 Å². The van der Waals surface area contributed by atoms with Crippen LogP contribution in [0.1, 0.15) is 104 Å². The lowest BCUT2D eigenvalue weighted by atomic mass is 10.0. The Morgan fingerprint density at radius 1 is 0.792 bits per heavy atom. The predicted molar refractivity (Wildman–Crippen MR) is 111 cm³/mol. The molecular weight excluding hydrogens is 360 g/mol. The lowest BCUT2D eigenvalue weighted by molar-refractivity contribution is 0.190. The number of halogens is 1. The zero-order chi connectivity index (χ0) is 17.6. The summed E-state index contributed by atoms with van der Waals surface area (Å²) in [5.74, 6) is 0. The molecule has 24 heavy (non-hydrogen) atoms. The van der Waals surface area contributed by atoms with Crippen LogP contribution in [0.25, 0.3) is 0 Å². The van der Waals surface area contributed by atoms with Gasteiger partial charge in [-0.15, -0.1) is 0 Å². The van der Waals surface area contributed by atoms with E-state index >= 15 is 0 Å². The van der Waals surface area contributed by atoms with E-state index in [1.165, 1.54) is 101 Å². The van der Waals surface area contributed by atoms with Gasteiger partial charge in [0.1, 0.15) is 0 Å². The van der Waals surface area contributed by atoms with Crippen LogP contribution in [0, 0.1) is 0 Å². The average Bonchev–Trinajstić information content (AvgIpc) is 2.82. The minimum atomic E-state index is 0.501. The summed E-state index contributed by atoms with van der Waals surface area (Å²) in [6.07, 6.45) is 22.8. The van der Waals surface area contributed by atoms with Crippen LogP contribution in [-0.4, -0.2) is 29.6 Å². The minimum absolute atomic E-state index is 0.501. The van der Waals surface area contributed by atoms with E-state index in [0.29, 0.717) is 6.17 Å². The molecule has 1 rings (SSSR count). The Balaban J connectivity index is 1.80. The molecule has 0 aromatic heterocycles. The van der Waals surface area contributed by atoms with Gasteiger partial charge in [0.25, 0.3) is 0 Å². The van der Waals surface area contributed by atoms with Crippen LogP contribution >= 0.6 is 15.9 Å². The zero-order valence-corrected chi connectivity index (χ0v) is 18.1. The van der Waals surface area contributed by atoms with E-state index in [9.17, 15) is 0 Å². The van der Waals surface area contributed by atoms with Gasteiger partial charge >= 0.3 is 0 Å². The Bertz CT molecular complexity index is 330. The van der Waals surface area contributed by atoms with E-state index in [4.69, 9.17) is 0 Å². The smallest absolute Gasteiger partial charge is 0.0984 e. The van der Waals surface area contributed by atoms with Crippen molar-refractivity contribution in [3.05, 3.63) is 10.8 Å². The summed E-state index contributed by atoms with van der Waals surface area (Å²) >= 11 is 3.61. The Morgan fingerprint density at radius 2 is 1.21 bits per heavy atom. The Kier molecular flexibility index (Phi) is 12.8. The number of rotatable bonds is 15. The molecule has 1 atom stereocenters. The van der Waals surface area contributed by atoms with Gasteiger partial charge in [-0.2, -0.15) is 0 Å². The quantitative estimate of drug-likeness (QED) is 0.211. The molecule has 1 heterocycles. The molecule has 1 aliphatic rings. The first kappa shape index (κ1) is 21.9. The molecule has 0 bridgehead atoms. The van der Waals surface area contributed by atoms with Gasteiger partial charge in [0.05, 0.1) is 10.8 Å². The van der Waals surface area contributed by atoms with Crippen LogP contribution in [0.4, 0.5) is 0 Å². The maximum Gasteiger partial charge on any atom is 0.0984 e. The summed E-state index contributed by atoms with van der Waals surface area (Å²) in [4.78, 5) is 4.73. The van der Waals surface area contributed by atoms with Crippen LogP contribution in [0.15, 0.2) is 10.8 Å². The first-order valence-electron chi connectivity index (χ1n) is 10.5. The summed E-state index contributed by atoms with van der Waals surface area (Å²) in [7, 11) is 2.15. The summed E-state index contributed by atoms with van der Waals surface area (Å²) in [5.41, 5.74) is 0. The van der Waals surface area contributed by atoms with Crippen molar-refractivity contribution in [1.29, 1.82) is 0 Å². The molecule has 2 nitrogen and oxygen atoms in total. The van der Waals surface area contributed by atoms with Crippen molar-refractivity contribution < 1.29 is 0 Å². The normalized spacial score (nSPS) is 17.7. The SMILES string of the molecule is CCCCCCCCCCCCCCCCN1C=C(Br)N(C)C1C. The van der Waals surface area contributed by atoms with Crippen LogP contribution in [0.5, 0.6) is 0 Å². The van der Waals surface area contributed by atoms with Crippen LogP contribution in [0.2, 0.25) is 0 Å². The third-order valence-electron chi connectivity index (χ3n) is 5.42. The van der Waals surface area contributed by atoms with Gasteiger partial charge < -0.3 is 9.80 Å². The van der Waals surface area contributed by atoms with E-state index in [1.54, 1.807) is 0 Å². The molecule has 0 aromatic carbocycles. The molecule has 0 spiro atoms. The highest BCUT2D eigenvalue weighted by atomic mass is 79.9. The van der Waals surface area contributed by atoms with Crippen molar-refractivity contribution in [2.45, 2.75) is 110 Å². The number of hydrogen-bond donors (Lipinski definition) is 0. The topological polar surface area (TPSA) is 6.48 Å². The monoisotopic (exact) mass is 400 g/mol. The van der Waals surface area contributed by atoms with Crippen molar-refractivity contribution >= 4 is 15.9 Å². The van der Waals surface area contributed by atoms with Crippen molar-refractivity contribution in [1.82, 2.24) is 9.80 Å². The van der Waals surface area contributed by atoms with Crippen molar-refractivity contribution in [3.8, 4) is 0 Å². The van der Waals surface area contributed by atoms with Gasteiger partial charge in [-0.3, -0.25) is 0 Å². The summed E-state index contributed by atoms with van der Waals surface area (Å²) in [6, 6.07) is 0. The molecule has 3 heteroatoms. The fourth-order valence-electron chi connectivity index (χ4n) is 3.48. The molecule has 1 aliphatic heterocycles. The largest absolute Gasteiger partial charge is 0.355 e. The molecule has 0 aliphatic carbocycles. The summed E-state index contributed by atoms with van der Waals surface area (Å²) in [6.45, 7) is 5.76. The van der Waals surface area contributed by atoms with Gasteiger partial charge in [0, 0.05) is 19.8 Å². The molecule has 142 valence electrons. The van der Waals surface area contributed by atoms with E-state index < -0.39 is 0 Å². The fraction of sp³-hybridized carbons (Fsp3) is 0.905. The predicted octanol–water partition coefficient (Wildman–Crippen LogP) is 7.25. The molecule has 0 aromatic rings. The Morgan fingerprint density at radius 3 is 1.58 bits per heavy atom. The van der Waals surface area contributed by atoms with Gasteiger partial charge in [-0.25, -0.2) is 0 Å². The fourth-order valence-corrected chi connectivity index (χ4v) is 4.04. The molecule has 0 amide bonds. The second-order valence-electron chi connectivity index (χ2n) is 7.53. The van der Waals surface area contributed by atoms with Crippen molar-refractivity contribution in [2.24, 2.45) is 0 Å². The molecule has 1 unspecified atom stereocenters. The average molecular weight is 401 g/mol. The molecule has 0 saturated heterocycles. The second-order valence-corrected chi connectivity index (χ2v) is 8.34. The maximum atomic E-state index is 3.61. The number of nitrogens with zero attached hydrogens (tertiary/aromatic N) is 2. The first-order valence-corrected chi connectivity index (χ1v) is 11.3. The van der Waals surface area contributed by atoms with Crippen molar-refractivity contribution in [3.63, 3.8) is 0 Å². The highest BCUT2D eigenvalue weighted by molar-refractivity contribution is 9.11. The van der Waals surface area contributed by atoms with Gasteiger partial charge in [0.15, 0.2) is 0 Å². The molecule has 0 saturated carbocycles. The maximum absolute atomic E-state index is 3.61. The van der Waals surface area contributed by atoms with Crippen LogP contribution in [-0.2, 0) is 0 Å². The molecule has 0 fully saturated rings. The molecule has 0 radical (unpaired) electrons. The summed E-state index contributed by atoms with van der Waals surface area (Å²) in [5, 5.41) is 0. The first-order chi connectivity index (χ1) is 11.7. The number of unbranched alkanes of at least 4 members (excludes halogenated alkanes) is 13. The molecule has 0 N–H and O–H groups in total. The highest BCUT2D eigenvalue weighted by Crippen LogP contribution is 2.25. The zero-order valence-electron chi connectivity index (χ0n) is 16.5. The lowest BCUT2D eigenvalue weighted by Crippen LogP contribution is -2.34. The summed E-state index contributed by atoms with van der Waals surface area (Å²) < 4.78 is 1.21. The van der Waals surface area contributed by atoms with Crippen LogP contribution < -0.4 is 0 Å². The van der Waals surface area contributed by atoms with Gasteiger partial charge in [-0.1, -0.05) is 90.4 Å². The number of hydrogen-bond acceptors (Lipinski definition) is 2. The van der Waals surface area contributed by atoms with E-state index in [0.717, 1.165) is 0 Å². The third kappa shape index (κ3) is 9.34. The third-order valence-corrected chi connectivity index (χ3v) is 6.18. The van der Waals surface area contributed by atoms with E-state index in [-0.39, 0.29) is 0 Å². The second kappa shape index (κ2) is 14.0. The highest BCUT2D eigenvalue weighted by Gasteiger charge is 2.22. The lowest BCUT2D eigenvalue weighted by Gasteiger charge is -2.27. The Labute approximate surface area is 160 Å². The molecular formula is C21H41BrN2. The Hall–Kier alpha value is -0.180. The van der Waals surface area contributed by atoms with E-state index in [2.05, 4.69) is 52.8 Å². The standard InChI is InChI=1S/C21H41BrN2/c1-4-5-6-7-8-9-10-11-12-13-14-15-16-17-18-24-19-21(22)23(3)20(24)2/h19-20H,4-18H2,1-3H3.